The Morgan fingerprint density at radius 1 is 1.53 bits per heavy atom. The van der Waals surface area contributed by atoms with Crippen LogP contribution in [-0.4, -0.2) is 28.0 Å². The maximum Gasteiger partial charge on any atom is 0.142 e. The van der Waals surface area contributed by atoms with Gasteiger partial charge < -0.3 is 10.5 Å². The molecule has 2 aromatic heterocycles. The molecule has 3 heterocycles. The van der Waals surface area contributed by atoms with Crippen LogP contribution >= 0.6 is 11.6 Å². The fourth-order valence-corrected chi connectivity index (χ4v) is 2.29. The molecule has 0 atom stereocenters. The second-order valence-corrected chi connectivity index (χ2v) is 5.70. The van der Waals surface area contributed by atoms with E-state index in [2.05, 4.69) is 17.0 Å². The highest BCUT2D eigenvalue weighted by Gasteiger charge is 2.34. The number of pyridine rings is 1. The van der Waals surface area contributed by atoms with Crippen LogP contribution in [0.3, 0.4) is 0 Å². The maximum absolute atomic E-state index is 5.97. The number of nitrogen functional groups attached to an aromatic ring is 1. The number of hydrogen-bond donors (Lipinski definition) is 1. The Kier molecular flexibility index (Phi) is 2.95. The predicted octanol–water partition coefficient (Wildman–Crippen LogP) is 2.22. The molecular weight excluding hydrogens is 264 g/mol. The van der Waals surface area contributed by atoms with Crippen LogP contribution in [0.25, 0.3) is 11.3 Å². The number of nitrogens with zero attached hydrogens (tertiary/aromatic N) is 3. The van der Waals surface area contributed by atoms with Gasteiger partial charge in [0, 0.05) is 23.4 Å². The van der Waals surface area contributed by atoms with Crippen LogP contribution in [0.4, 0.5) is 5.82 Å². The van der Waals surface area contributed by atoms with Crippen molar-refractivity contribution < 1.29 is 4.74 Å². The number of anilines is 1. The molecule has 6 heteroatoms. The third-order valence-electron chi connectivity index (χ3n) is 3.25. The van der Waals surface area contributed by atoms with Gasteiger partial charge in [-0.3, -0.25) is 4.68 Å². The highest BCUT2D eigenvalue weighted by atomic mass is 35.5. The normalized spacial score (nSPS) is 17.2. The van der Waals surface area contributed by atoms with E-state index in [0.717, 1.165) is 31.0 Å². The zero-order valence-electron chi connectivity index (χ0n) is 10.6. The molecule has 3 rings (SSSR count). The molecule has 5 nitrogen and oxygen atoms in total. The summed E-state index contributed by atoms with van der Waals surface area (Å²) in [5.41, 5.74) is 7.51. The van der Waals surface area contributed by atoms with Gasteiger partial charge in [-0.15, -0.1) is 0 Å². The first-order chi connectivity index (χ1) is 9.06. The third kappa shape index (κ3) is 2.43. The lowest BCUT2D eigenvalue weighted by Gasteiger charge is -2.37. The molecule has 0 spiro atoms. The Morgan fingerprint density at radius 2 is 2.32 bits per heavy atom. The van der Waals surface area contributed by atoms with E-state index in [4.69, 9.17) is 22.1 Å². The molecule has 2 N–H and O–H groups in total. The molecule has 0 aromatic carbocycles. The minimum atomic E-state index is 0.195. The van der Waals surface area contributed by atoms with E-state index in [-0.39, 0.29) is 5.41 Å². The summed E-state index contributed by atoms with van der Waals surface area (Å²) in [6.45, 7) is 4.62. The average Bonchev–Trinajstić information content (AvgIpc) is 2.79. The minimum absolute atomic E-state index is 0.195. The van der Waals surface area contributed by atoms with Crippen LogP contribution in [0.5, 0.6) is 0 Å². The zero-order chi connectivity index (χ0) is 13.5. The number of aromatic nitrogens is 3. The number of rotatable bonds is 3. The van der Waals surface area contributed by atoms with Gasteiger partial charge in [-0.05, 0) is 12.1 Å². The Bertz CT molecular complexity index is 606. The maximum atomic E-state index is 5.97. The van der Waals surface area contributed by atoms with E-state index in [0.29, 0.717) is 10.8 Å². The first-order valence-electron chi connectivity index (χ1n) is 6.08. The van der Waals surface area contributed by atoms with E-state index in [1.54, 1.807) is 12.3 Å². The summed E-state index contributed by atoms with van der Waals surface area (Å²) in [5, 5.41) is 4.99. The van der Waals surface area contributed by atoms with E-state index < -0.39 is 0 Å². The second kappa shape index (κ2) is 4.51. The van der Waals surface area contributed by atoms with Gasteiger partial charge >= 0.3 is 0 Å². The van der Waals surface area contributed by atoms with Crippen molar-refractivity contribution in [1.29, 1.82) is 0 Å². The van der Waals surface area contributed by atoms with Crippen LogP contribution < -0.4 is 5.73 Å². The smallest absolute Gasteiger partial charge is 0.142 e. The average molecular weight is 279 g/mol. The summed E-state index contributed by atoms with van der Waals surface area (Å²) >= 11 is 5.97. The molecule has 100 valence electrons. The van der Waals surface area contributed by atoms with Crippen molar-refractivity contribution in [1.82, 2.24) is 14.8 Å². The lowest BCUT2D eigenvalue weighted by Crippen LogP contribution is -2.43. The SMILES string of the molecule is CC1(Cn2ccc(-c3cnc(N)c(Cl)c3)n2)COC1. The van der Waals surface area contributed by atoms with Crippen molar-refractivity contribution >= 4 is 17.4 Å². The largest absolute Gasteiger partial charge is 0.382 e. The topological polar surface area (TPSA) is 66.0 Å². The zero-order valence-corrected chi connectivity index (χ0v) is 11.4. The summed E-state index contributed by atoms with van der Waals surface area (Å²) in [7, 11) is 0. The molecule has 1 fully saturated rings. The molecule has 0 aliphatic carbocycles. The number of hydrogen-bond acceptors (Lipinski definition) is 4. The Morgan fingerprint density at radius 3 is 2.95 bits per heavy atom. The van der Waals surface area contributed by atoms with Gasteiger partial charge in [0.1, 0.15) is 5.82 Å². The fraction of sp³-hybridized carbons (Fsp3) is 0.385. The van der Waals surface area contributed by atoms with E-state index in [1.807, 2.05) is 16.9 Å². The Labute approximate surface area is 116 Å². The monoisotopic (exact) mass is 278 g/mol. The van der Waals surface area contributed by atoms with Crippen LogP contribution in [0.2, 0.25) is 5.02 Å². The van der Waals surface area contributed by atoms with Gasteiger partial charge in [-0.25, -0.2) is 4.98 Å². The second-order valence-electron chi connectivity index (χ2n) is 5.29. The molecule has 0 radical (unpaired) electrons. The quantitative estimate of drug-likeness (QED) is 0.935. The lowest BCUT2D eigenvalue weighted by atomic mass is 9.89. The molecule has 19 heavy (non-hydrogen) atoms. The first kappa shape index (κ1) is 12.4. The lowest BCUT2D eigenvalue weighted by molar-refractivity contribution is -0.111. The number of halogens is 1. The van der Waals surface area contributed by atoms with Crippen LogP contribution in [0.1, 0.15) is 6.92 Å². The first-order valence-corrected chi connectivity index (χ1v) is 6.46. The van der Waals surface area contributed by atoms with Crippen molar-refractivity contribution in [3.05, 3.63) is 29.5 Å². The summed E-state index contributed by atoms with van der Waals surface area (Å²) in [4.78, 5) is 4.04. The van der Waals surface area contributed by atoms with Crippen molar-refractivity contribution in [2.75, 3.05) is 18.9 Å². The Hall–Kier alpha value is -1.59. The molecule has 0 amide bonds. The standard InChI is InChI=1S/C13H15ClN4O/c1-13(7-19-8-13)6-18-3-2-11(17-18)9-4-10(14)12(15)16-5-9/h2-5H,6-8H2,1H3,(H2,15,16). The van der Waals surface area contributed by atoms with Crippen molar-refractivity contribution in [3.63, 3.8) is 0 Å². The van der Waals surface area contributed by atoms with Crippen LogP contribution in [0.15, 0.2) is 24.5 Å². The molecule has 2 aromatic rings. The molecule has 0 unspecified atom stereocenters. The van der Waals surface area contributed by atoms with E-state index in [9.17, 15) is 0 Å². The third-order valence-corrected chi connectivity index (χ3v) is 3.55. The summed E-state index contributed by atoms with van der Waals surface area (Å²) < 4.78 is 7.18. The van der Waals surface area contributed by atoms with Crippen molar-refractivity contribution in [2.45, 2.75) is 13.5 Å². The molecule has 1 aliphatic heterocycles. The summed E-state index contributed by atoms with van der Waals surface area (Å²) in [6, 6.07) is 3.73. The van der Waals surface area contributed by atoms with E-state index >= 15 is 0 Å². The fourth-order valence-electron chi connectivity index (χ4n) is 2.13. The van der Waals surface area contributed by atoms with Gasteiger partial charge in [0.05, 0.1) is 30.5 Å². The highest BCUT2D eigenvalue weighted by molar-refractivity contribution is 6.33. The van der Waals surface area contributed by atoms with Gasteiger partial charge in [0.2, 0.25) is 0 Å². The molecule has 0 saturated carbocycles. The summed E-state index contributed by atoms with van der Waals surface area (Å²) in [5.74, 6) is 0.337. The minimum Gasteiger partial charge on any atom is -0.382 e. The number of nitrogens with two attached hydrogens (primary N) is 1. The van der Waals surface area contributed by atoms with Gasteiger partial charge in [0.25, 0.3) is 0 Å². The molecule has 1 saturated heterocycles. The van der Waals surface area contributed by atoms with Crippen LogP contribution in [0, 0.1) is 5.41 Å². The highest BCUT2D eigenvalue weighted by Crippen LogP contribution is 2.29. The van der Waals surface area contributed by atoms with Gasteiger partial charge in [0.15, 0.2) is 0 Å². The van der Waals surface area contributed by atoms with Crippen molar-refractivity contribution in [3.8, 4) is 11.3 Å². The molecule has 1 aliphatic rings. The van der Waals surface area contributed by atoms with Gasteiger partial charge in [-0.1, -0.05) is 18.5 Å². The van der Waals surface area contributed by atoms with E-state index in [1.165, 1.54) is 0 Å². The van der Waals surface area contributed by atoms with Gasteiger partial charge in [-0.2, -0.15) is 5.10 Å². The van der Waals surface area contributed by atoms with Crippen LogP contribution in [-0.2, 0) is 11.3 Å². The molecular formula is C13H15ClN4O. The molecule has 0 bridgehead atoms. The summed E-state index contributed by atoms with van der Waals surface area (Å²) in [6.07, 6.45) is 3.64. The Balaban J connectivity index is 1.82. The number of ether oxygens (including phenoxy) is 1. The predicted molar refractivity (Wildman–Crippen MR) is 73.8 cm³/mol. The van der Waals surface area contributed by atoms with Crippen molar-refractivity contribution in [2.24, 2.45) is 5.41 Å².